The normalized spacial score (nSPS) is 18.4. The molecule has 1 aromatic carbocycles. The fourth-order valence-corrected chi connectivity index (χ4v) is 3.13. The molecule has 2 N–H and O–H groups in total. The Labute approximate surface area is 157 Å². The summed E-state index contributed by atoms with van der Waals surface area (Å²) in [5, 5.41) is 6.19. The Hall–Kier alpha value is -1.59. The highest BCUT2D eigenvalue weighted by atomic mass is 35.5. The minimum Gasteiger partial charge on any atom is -0.344 e. The number of nitrogens with one attached hydrogen (secondary N) is 2. The van der Waals surface area contributed by atoms with Gasteiger partial charge in [0.15, 0.2) is 0 Å². The van der Waals surface area contributed by atoms with Gasteiger partial charge in [-0.2, -0.15) is 0 Å². The molecule has 2 rings (SSSR count). The first-order valence-corrected chi connectivity index (χ1v) is 8.80. The van der Waals surface area contributed by atoms with Crippen molar-refractivity contribution in [2.24, 2.45) is 5.92 Å². The van der Waals surface area contributed by atoms with E-state index in [0.717, 1.165) is 24.9 Å². The van der Waals surface area contributed by atoms with Crippen molar-refractivity contribution in [3.05, 3.63) is 35.9 Å². The Bertz CT molecular complexity index is 551. The Morgan fingerprint density at radius 3 is 2.52 bits per heavy atom. The molecule has 140 valence electrons. The Balaban J connectivity index is 0.00000312. The first kappa shape index (κ1) is 21.5. The minimum absolute atomic E-state index is 0. The third kappa shape index (κ3) is 6.33. The van der Waals surface area contributed by atoms with Crippen molar-refractivity contribution in [2.75, 3.05) is 20.1 Å². The number of benzene rings is 1. The summed E-state index contributed by atoms with van der Waals surface area (Å²) >= 11 is 0. The minimum atomic E-state index is -0.461. The second-order valence-corrected chi connectivity index (χ2v) is 6.86. The summed E-state index contributed by atoms with van der Waals surface area (Å²) in [6, 6.07) is 9.49. The predicted octanol–water partition coefficient (Wildman–Crippen LogP) is 2.00. The Morgan fingerprint density at radius 2 is 1.92 bits per heavy atom. The quantitative estimate of drug-likeness (QED) is 0.808. The number of rotatable bonds is 6. The lowest BCUT2D eigenvalue weighted by atomic mass is 9.99. The van der Waals surface area contributed by atoms with Gasteiger partial charge in [0.2, 0.25) is 11.8 Å². The van der Waals surface area contributed by atoms with Gasteiger partial charge in [-0.1, -0.05) is 44.2 Å². The third-order valence-electron chi connectivity index (χ3n) is 4.60. The van der Waals surface area contributed by atoms with E-state index in [1.165, 1.54) is 0 Å². The summed E-state index contributed by atoms with van der Waals surface area (Å²) in [7, 11) is 1.93. The summed E-state index contributed by atoms with van der Waals surface area (Å²) in [5.41, 5.74) is 0.957. The molecule has 0 bridgehead atoms. The van der Waals surface area contributed by atoms with E-state index in [2.05, 4.69) is 10.6 Å². The molecule has 0 radical (unpaired) electrons. The molecule has 1 heterocycles. The molecule has 1 aliphatic rings. The van der Waals surface area contributed by atoms with Crippen LogP contribution in [0.25, 0.3) is 0 Å². The summed E-state index contributed by atoms with van der Waals surface area (Å²) in [5.74, 6) is -0.00558. The van der Waals surface area contributed by atoms with Crippen LogP contribution >= 0.6 is 12.4 Å². The number of carbonyl (C=O) groups excluding carboxylic acids is 2. The van der Waals surface area contributed by atoms with E-state index in [4.69, 9.17) is 0 Å². The average Bonchev–Trinajstić information content (AvgIpc) is 2.59. The topological polar surface area (TPSA) is 61.4 Å². The number of likely N-dealkylation sites (tertiary alicyclic amines) is 1. The van der Waals surface area contributed by atoms with Crippen LogP contribution in [0.15, 0.2) is 30.3 Å². The van der Waals surface area contributed by atoms with E-state index in [1.54, 1.807) is 0 Å². The molecule has 0 aromatic heterocycles. The number of piperidine rings is 1. The first-order valence-electron chi connectivity index (χ1n) is 8.80. The van der Waals surface area contributed by atoms with Crippen LogP contribution in [0, 0.1) is 5.92 Å². The lowest BCUT2D eigenvalue weighted by Crippen LogP contribution is -2.55. The first-order chi connectivity index (χ1) is 11.5. The Kier molecular flexibility index (Phi) is 8.93. The molecule has 1 aliphatic heterocycles. The van der Waals surface area contributed by atoms with Crippen LogP contribution < -0.4 is 10.6 Å². The van der Waals surface area contributed by atoms with Gasteiger partial charge in [0.25, 0.3) is 0 Å². The summed E-state index contributed by atoms with van der Waals surface area (Å²) in [4.78, 5) is 27.1. The van der Waals surface area contributed by atoms with Crippen molar-refractivity contribution in [1.82, 2.24) is 15.5 Å². The number of amides is 2. The van der Waals surface area contributed by atoms with Crippen molar-refractivity contribution in [3.8, 4) is 0 Å². The largest absolute Gasteiger partial charge is 0.344 e. The monoisotopic (exact) mass is 367 g/mol. The van der Waals surface area contributed by atoms with E-state index in [0.29, 0.717) is 19.0 Å². The SMILES string of the molecule is CNC1CCCN(C(=O)C(NC(=O)Cc2ccccc2)C(C)C)C1.Cl. The molecule has 0 spiro atoms. The van der Waals surface area contributed by atoms with E-state index >= 15 is 0 Å². The van der Waals surface area contributed by atoms with E-state index in [-0.39, 0.29) is 30.1 Å². The van der Waals surface area contributed by atoms with Crippen LogP contribution in [-0.2, 0) is 16.0 Å². The van der Waals surface area contributed by atoms with Crippen LogP contribution in [0.5, 0.6) is 0 Å². The van der Waals surface area contributed by atoms with Gasteiger partial charge < -0.3 is 15.5 Å². The van der Waals surface area contributed by atoms with Gasteiger partial charge in [0.1, 0.15) is 6.04 Å². The molecule has 5 nitrogen and oxygen atoms in total. The molecule has 6 heteroatoms. The molecule has 1 fully saturated rings. The molecule has 25 heavy (non-hydrogen) atoms. The van der Waals surface area contributed by atoms with Crippen molar-refractivity contribution >= 4 is 24.2 Å². The number of hydrogen-bond acceptors (Lipinski definition) is 3. The molecular weight excluding hydrogens is 338 g/mol. The lowest BCUT2D eigenvalue weighted by Gasteiger charge is -2.36. The highest BCUT2D eigenvalue weighted by molar-refractivity contribution is 5.88. The fraction of sp³-hybridized carbons (Fsp3) is 0.579. The van der Waals surface area contributed by atoms with Crippen molar-refractivity contribution in [3.63, 3.8) is 0 Å². The number of nitrogens with zero attached hydrogens (tertiary/aromatic N) is 1. The van der Waals surface area contributed by atoms with Crippen LogP contribution in [0.2, 0.25) is 0 Å². The second-order valence-electron chi connectivity index (χ2n) is 6.86. The number of carbonyl (C=O) groups is 2. The smallest absolute Gasteiger partial charge is 0.245 e. The number of hydrogen-bond donors (Lipinski definition) is 2. The maximum atomic E-state index is 12.9. The van der Waals surface area contributed by atoms with E-state index < -0.39 is 6.04 Å². The van der Waals surface area contributed by atoms with Crippen molar-refractivity contribution in [1.29, 1.82) is 0 Å². The molecule has 0 saturated carbocycles. The number of halogens is 1. The van der Waals surface area contributed by atoms with Crippen LogP contribution in [0.3, 0.4) is 0 Å². The van der Waals surface area contributed by atoms with Gasteiger partial charge in [-0.05, 0) is 31.4 Å². The highest BCUT2D eigenvalue weighted by Gasteiger charge is 2.31. The zero-order valence-corrected chi connectivity index (χ0v) is 16.1. The molecule has 1 saturated heterocycles. The van der Waals surface area contributed by atoms with Gasteiger partial charge in [-0.25, -0.2) is 0 Å². The van der Waals surface area contributed by atoms with E-state index in [9.17, 15) is 9.59 Å². The van der Waals surface area contributed by atoms with E-state index in [1.807, 2.05) is 56.1 Å². The molecule has 0 aliphatic carbocycles. The van der Waals surface area contributed by atoms with Crippen LogP contribution in [0.4, 0.5) is 0 Å². The predicted molar refractivity (Wildman–Crippen MR) is 103 cm³/mol. The standard InChI is InChI=1S/C19H29N3O2.ClH/c1-14(2)18(19(24)22-11-7-10-16(13-22)20-3)21-17(23)12-15-8-5-4-6-9-15;/h4-6,8-9,14,16,18,20H,7,10-13H2,1-3H3,(H,21,23);1H. The molecule has 1 aromatic rings. The highest BCUT2D eigenvalue weighted by Crippen LogP contribution is 2.14. The summed E-state index contributed by atoms with van der Waals surface area (Å²) in [6.07, 6.45) is 2.39. The molecular formula is C19H30ClN3O2. The maximum Gasteiger partial charge on any atom is 0.245 e. The second kappa shape index (κ2) is 10.4. The van der Waals surface area contributed by atoms with Gasteiger partial charge in [0.05, 0.1) is 6.42 Å². The van der Waals surface area contributed by atoms with Gasteiger partial charge in [0, 0.05) is 19.1 Å². The van der Waals surface area contributed by atoms with Crippen LogP contribution in [0.1, 0.15) is 32.3 Å². The third-order valence-corrected chi connectivity index (χ3v) is 4.60. The average molecular weight is 368 g/mol. The van der Waals surface area contributed by atoms with Crippen molar-refractivity contribution < 1.29 is 9.59 Å². The lowest BCUT2D eigenvalue weighted by molar-refractivity contribution is -0.138. The summed E-state index contributed by atoms with van der Waals surface area (Å²) < 4.78 is 0. The zero-order chi connectivity index (χ0) is 17.5. The maximum absolute atomic E-state index is 12.9. The van der Waals surface area contributed by atoms with Gasteiger partial charge in [-0.3, -0.25) is 9.59 Å². The zero-order valence-electron chi connectivity index (χ0n) is 15.3. The summed E-state index contributed by atoms with van der Waals surface area (Å²) in [6.45, 7) is 5.44. The van der Waals surface area contributed by atoms with Gasteiger partial charge in [-0.15, -0.1) is 12.4 Å². The van der Waals surface area contributed by atoms with Crippen LogP contribution in [-0.4, -0.2) is 48.9 Å². The molecule has 2 unspecified atom stereocenters. The molecule has 2 amide bonds. The number of likely N-dealkylation sites (N-methyl/N-ethyl adjacent to an activating group) is 1. The van der Waals surface area contributed by atoms with Crippen molar-refractivity contribution in [2.45, 2.75) is 45.2 Å². The molecule has 2 atom stereocenters. The fourth-order valence-electron chi connectivity index (χ4n) is 3.13. The Morgan fingerprint density at radius 1 is 1.24 bits per heavy atom. The van der Waals surface area contributed by atoms with Gasteiger partial charge >= 0.3 is 0 Å².